The predicted molar refractivity (Wildman–Crippen MR) is 125 cm³/mol. The minimum Gasteiger partial charge on any atom is -0.356 e. The third-order valence-corrected chi connectivity index (χ3v) is 6.31. The number of anilines is 2. The van der Waals surface area contributed by atoms with Gasteiger partial charge in [0.1, 0.15) is 12.1 Å². The lowest BCUT2D eigenvalue weighted by atomic mass is 9.97. The van der Waals surface area contributed by atoms with Gasteiger partial charge in [-0.15, -0.1) is 11.3 Å². The van der Waals surface area contributed by atoms with Crippen molar-refractivity contribution in [1.29, 1.82) is 0 Å². The zero-order valence-corrected chi connectivity index (χ0v) is 18.5. The van der Waals surface area contributed by atoms with Gasteiger partial charge in [0.05, 0.1) is 16.6 Å². The Kier molecular flexibility index (Phi) is 5.64. The van der Waals surface area contributed by atoms with Crippen molar-refractivity contribution in [2.45, 2.75) is 19.8 Å². The highest BCUT2D eigenvalue weighted by atomic mass is 32.1. The lowest BCUT2D eigenvalue weighted by Gasteiger charge is -2.32. The van der Waals surface area contributed by atoms with Gasteiger partial charge in [0, 0.05) is 48.2 Å². The third kappa shape index (κ3) is 4.38. The number of aromatic nitrogens is 5. The van der Waals surface area contributed by atoms with Crippen LogP contribution in [-0.4, -0.2) is 43.7 Å². The van der Waals surface area contributed by atoms with Gasteiger partial charge in [0.15, 0.2) is 5.82 Å². The van der Waals surface area contributed by atoms with E-state index in [-0.39, 0.29) is 11.8 Å². The van der Waals surface area contributed by atoms with Crippen LogP contribution in [0.4, 0.5) is 11.5 Å². The maximum Gasteiger partial charge on any atom is 0.229 e. The predicted octanol–water partition coefficient (Wildman–Crippen LogP) is 3.95. The molecule has 32 heavy (non-hydrogen) atoms. The van der Waals surface area contributed by atoms with Crippen molar-refractivity contribution in [1.82, 2.24) is 24.7 Å². The molecule has 1 aliphatic heterocycles. The maximum atomic E-state index is 13.1. The van der Waals surface area contributed by atoms with E-state index in [2.05, 4.69) is 30.3 Å². The van der Waals surface area contributed by atoms with Crippen molar-refractivity contribution < 1.29 is 4.79 Å². The standard InChI is InChI=1S/C23H23N7OS/c1-16-27-20(14-32-16)17-5-2-7-19(11-17)28-23(31)18-6-3-9-29(13-18)21-12-22(25-15-24-21)30-10-4-8-26-30/h2,4-5,7-8,10-12,14-15,18H,3,6,9,13H2,1H3,(H,28,31). The van der Waals surface area contributed by atoms with Gasteiger partial charge in [0.25, 0.3) is 0 Å². The molecule has 1 saturated heterocycles. The fourth-order valence-corrected chi connectivity index (χ4v) is 4.56. The number of nitrogens with one attached hydrogen (secondary N) is 1. The molecule has 1 atom stereocenters. The van der Waals surface area contributed by atoms with E-state index >= 15 is 0 Å². The van der Waals surface area contributed by atoms with Gasteiger partial charge in [-0.05, 0) is 38.0 Å². The van der Waals surface area contributed by atoms with E-state index in [1.807, 2.05) is 54.9 Å². The van der Waals surface area contributed by atoms with Crippen LogP contribution in [0.25, 0.3) is 17.1 Å². The highest BCUT2D eigenvalue weighted by Gasteiger charge is 2.27. The zero-order valence-electron chi connectivity index (χ0n) is 17.7. The molecule has 5 rings (SSSR count). The van der Waals surface area contributed by atoms with Gasteiger partial charge in [0.2, 0.25) is 5.91 Å². The Morgan fingerprint density at radius 3 is 2.91 bits per heavy atom. The average molecular weight is 446 g/mol. The Bertz CT molecular complexity index is 1220. The van der Waals surface area contributed by atoms with E-state index in [1.165, 1.54) is 0 Å². The lowest BCUT2D eigenvalue weighted by molar-refractivity contribution is -0.120. The summed E-state index contributed by atoms with van der Waals surface area (Å²) in [6, 6.07) is 11.6. The Balaban J connectivity index is 1.28. The summed E-state index contributed by atoms with van der Waals surface area (Å²) in [5, 5.41) is 10.4. The number of hydrogen-bond donors (Lipinski definition) is 1. The van der Waals surface area contributed by atoms with Gasteiger partial charge in [-0.2, -0.15) is 5.10 Å². The van der Waals surface area contributed by atoms with E-state index < -0.39 is 0 Å². The summed E-state index contributed by atoms with van der Waals surface area (Å²) in [4.78, 5) is 28.5. The first-order chi connectivity index (χ1) is 15.7. The first kappa shape index (κ1) is 20.3. The molecule has 0 saturated carbocycles. The third-order valence-electron chi connectivity index (χ3n) is 5.54. The molecule has 1 amide bonds. The molecule has 4 heterocycles. The summed E-state index contributed by atoms with van der Waals surface area (Å²) in [6.07, 6.45) is 6.89. The van der Waals surface area contributed by atoms with E-state index in [9.17, 15) is 4.79 Å². The second-order valence-corrected chi connectivity index (χ2v) is 8.85. The van der Waals surface area contributed by atoms with Gasteiger partial charge >= 0.3 is 0 Å². The van der Waals surface area contributed by atoms with Crippen LogP contribution in [0.15, 0.2) is 60.5 Å². The van der Waals surface area contributed by atoms with Crippen molar-refractivity contribution in [3.63, 3.8) is 0 Å². The molecule has 1 unspecified atom stereocenters. The Hall–Kier alpha value is -3.59. The molecule has 8 nitrogen and oxygen atoms in total. The van der Waals surface area contributed by atoms with E-state index in [1.54, 1.807) is 28.5 Å². The molecule has 162 valence electrons. The summed E-state index contributed by atoms with van der Waals surface area (Å²) in [5.74, 6) is 1.43. The number of carbonyl (C=O) groups excluding carboxylic acids is 1. The SMILES string of the molecule is Cc1nc(-c2cccc(NC(=O)C3CCCN(c4cc(-n5cccn5)ncn4)C3)c2)cs1. The molecular formula is C23H23N7OS. The van der Waals surface area contributed by atoms with Crippen LogP contribution < -0.4 is 10.2 Å². The van der Waals surface area contributed by atoms with Crippen molar-refractivity contribution in [3.8, 4) is 17.1 Å². The van der Waals surface area contributed by atoms with Crippen molar-refractivity contribution in [2.75, 3.05) is 23.3 Å². The summed E-state index contributed by atoms with van der Waals surface area (Å²) in [6.45, 7) is 3.47. The normalized spacial score (nSPS) is 16.2. The molecule has 0 spiro atoms. The Labute approximate surface area is 190 Å². The molecule has 4 aromatic rings. The van der Waals surface area contributed by atoms with Crippen LogP contribution >= 0.6 is 11.3 Å². The van der Waals surface area contributed by atoms with Crippen LogP contribution in [0.1, 0.15) is 17.8 Å². The quantitative estimate of drug-likeness (QED) is 0.500. The van der Waals surface area contributed by atoms with Crippen LogP contribution in [0.3, 0.4) is 0 Å². The smallest absolute Gasteiger partial charge is 0.229 e. The van der Waals surface area contributed by atoms with Gasteiger partial charge in [-0.25, -0.2) is 19.6 Å². The topological polar surface area (TPSA) is 88.8 Å². The maximum absolute atomic E-state index is 13.1. The highest BCUT2D eigenvalue weighted by Crippen LogP contribution is 2.26. The van der Waals surface area contributed by atoms with Crippen LogP contribution in [0.5, 0.6) is 0 Å². The minimum atomic E-state index is -0.114. The van der Waals surface area contributed by atoms with Crippen molar-refractivity contribution in [3.05, 3.63) is 65.5 Å². The van der Waals surface area contributed by atoms with E-state index in [4.69, 9.17) is 0 Å². The van der Waals surface area contributed by atoms with Gasteiger partial charge in [-0.3, -0.25) is 4.79 Å². The number of amides is 1. The monoisotopic (exact) mass is 445 g/mol. The first-order valence-electron chi connectivity index (χ1n) is 10.6. The number of thiazole rings is 1. The number of aryl methyl sites for hydroxylation is 1. The number of rotatable bonds is 5. The highest BCUT2D eigenvalue weighted by molar-refractivity contribution is 7.09. The number of benzene rings is 1. The average Bonchev–Trinajstić information content (AvgIpc) is 3.52. The number of nitrogens with zero attached hydrogens (tertiary/aromatic N) is 6. The minimum absolute atomic E-state index is 0.0302. The van der Waals surface area contributed by atoms with E-state index in [0.29, 0.717) is 12.4 Å². The van der Waals surface area contributed by atoms with Gasteiger partial charge in [-0.1, -0.05) is 12.1 Å². The Morgan fingerprint density at radius 2 is 2.09 bits per heavy atom. The van der Waals surface area contributed by atoms with Crippen LogP contribution in [0, 0.1) is 12.8 Å². The van der Waals surface area contributed by atoms with E-state index in [0.717, 1.165) is 47.2 Å². The summed E-state index contributed by atoms with van der Waals surface area (Å²) in [7, 11) is 0. The van der Waals surface area contributed by atoms with Gasteiger partial charge < -0.3 is 10.2 Å². The fourth-order valence-electron chi connectivity index (χ4n) is 3.94. The van der Waals surface area contributed by atoms with Crippen LogP contribution in [0.2, 0.25) is 0 Å². The summed E-state index contributed by atoms with van der Waals surface area (Å²) >= 11 is 1.62. The molecule has 1 fully saturated rings. The lowest BCUT2D eigenvalue weighted by Crippen LogP contribution is -2.41. The molecule has 0 bridgehead atoms. The van der Waals surface area contributed by atoms with Crippen LogP contribution in [-0.2, 0) is 4.79 Å². The van der Waals surface area contributed by atoms with Crippen molar-refractivity contribution in [2.24, 2.45) is 5.92 Å². The van der Waals surface area contributed by atoms with Crippen molar-refractivity contribution >= 4 is 28.7 Å². The molecule has 1 aliphatic rings. The summed E-state index contributed by atoms with van der Waals surface area (Å²) in [5.41, 5.74) is 2.73. The fraction of sp³-hybridized carbons (Fsp3) is 0.261. The molecule has 3 aromatic heterocycles. The first-order valence-corrected chi connectivity index (χ1v) is 11.4. The molecule has 0 radical (unpaired) electrons. The summed E-state index contributed by atoms with van der Waals surface area (Å²) < 4.78 is 1.70. The largest absolute Gasteiger partial charge is 0.356 e. The molecular weight excluding hydrogens is 422 g/mol. The second kappa shape index (κ2) is 8.88. The molecule has 9 heteroatoms. The zero-order chi connectivity index (χ0) is 21.9. The molecule has 0 aliphatic carbocycles. The molecule has 1 N–H and O–H groups in total. The second-order valence-electron chi connectivity index (χ2n) is 7.79. The number of hydrogen-bond acceptors (Lipinski definition) is 7. The Morgan fingerprint density at radius 1 is 1.19 bits per heavy atom. The molecule has 1 aromatic carbocycles. The number of carbonyl (C=O) groups is 1. The number of piperidine rings is 1.